The van der Waals surface area contributed by atoms with E-state index < -0.39 is 5.97 Å². The smallest absolute Gasteiger partial charge is 0.303 e. The van der Waals surface area contributed by atoms with E-state index in [9.17, 15) is 9.59 Å². The monoisotopic (exact) mass is 271 g/mol. The third-order valence-corrected chi connectivity index (χ3v) is 3.33. The van der Waals surface area contributed by atoms with Crippen molar-refractivity contribution in [2.75, 3.05) is 39.8 Å². The van der Waals surface area contributed by atoms with Crippen LogP contribution in [0, 0.1) is 5.92 Å². The average molecular weight is 271 g/mol. The average Bonchev–Trinajstić information content (AvgIpc) is 2.35. The molecule has 1 fully saturated rings. The molecular formula is C13H25N3O3. The Hall–Kier alpha value is -1.14. The van der Waals surface area contributed by atoms with Gasteiger partial charge in [0, 0.05) is 19.5 Å². The molecule has 1 rings (SSSR count). The number of carboxylic acids is 1. The number of carbonyl (C=O) groups is 2. The molecule has 1 amide bonds. The number of carbonyl (C=O) groups excluding carboxylic acids is 1. The second-order valence-corrected chi connectivity index (χ2v) is 5.24. The topological polar surface area (TPSA) is 81.7 Å². The lowest BCUT2D eigenvalue weighted by Gasteiger charge is -2.27. The first-order valence-corrected chi connectivity index (χ1v) is 6.95. The van der Waals surface area contributed by atoms with Crippen molar-refractivity contribution in [3.05, 3.63) is 0 Å². The highest BCUT2D eigenvalue weighted by atomic mass is 16.4. The summed E-state index contributed by atoms with van der Waals surface area (Å²) < 4.78 is 0. The van der Waals surface area contributed by atoms with E-state index in [1.54, 1.807) is 0 Å². The molecule has 0 atom stereocenters. The second kappa shape index (κ2) is 8.87. The van der Waals surface area contributed by atoms with Crippen LogP contribution >= 0.6 is 0 Å². The van der Waals surface area contributed by atoms with Crippen LogP contribution in [0.2, 0.25) is 0 Å². The van der Waals surface area contributed by atoms with Crippen LogP contribution in [0.5, 0.6) is 0 Å². The largest absolute Gasteiger partial charge is 0.481 e. The van der Waals surface area contributed by atoms with Crippen molar-refractivity contribution in [2.24, 2.45) is 5.92 Å². The fourth-order valence-electron chi connectivity index (χ4n) is 2.34. The van der Waals surface area contributed by atoms with Gasteiger partial charge in [-0.2, -0.15) is 0 Å². The van der Waals surface area contributed by atoms with Crippen molar-refractivity contribution < 1.29 is 14.7 Å². The Balaban J connectivity index is 2.07. The molecule has 1 heterocycles. The van der Waals surface area contributed by atoms with Crippen molar-refractivity contribution >= 4 is 11.9 Å². The molecule has 6 heteroatoms. The first kappa shape index (κ1) is 15.9. The number of aliphatic carboxylic acids is 1. The van der Waals surface area contributed by atoms with Gasteiger partial charge in [-0.1, -0.05) is 0 Å². The normalized spacial score (nSPS) is 16.5. The van der Waals surface area contributed by atoms with Gasteiger partial charge >= 0.3 is 5.97 Å². The molecular weight excluding hydrogens is 246 g/mol. The lowest BCUT2D eigenvalue weighted by Crippen LogP contribution is -2.40. The molecule has 0 aliphatic carbocycles. The van der Waals surface area contributed by atoms with Gasteiger partial charge in [0.1, 0.15) is 0 Å². The van der Waals surface area contributed by atoms with Gasteiger partial charge in [-0.15, -0.1) is 0 Å². The Morgan fingerprint density at radius 3 is 2.68 bits per heavy atom. The van der Waals surface area contributed by atoms with Crippen LogP contribution in [0.25, 0.3) is 0 Å². The highest BCUT2D eigenvalue weighted by Crippen LogP contribution is 2.12. The Kier molecular flexibility index (Phi) is 7.43. The van der Waals surface area contributed by atoms with Crippen molar-refractivity contribution in [3.63, 3.8) is 0 Å². The minimum absolute atomic E-state index is 0.0261. The van der Waals surface area contributed by atoms with Gasteiger partial charge in [-0.05, 0) is 45.3 Å². The number of likely N-dealkylation sites (N-methyl/N-ethyl adjacent to an activating group) is 1. The van der Waals surface area contributed by atoms with E-state index in [1.165, 1.54) is 12.8 Å². The van der Waals surface area contributed by atoms with Crippen molar-refractivity contribution in [1.82, 2.24) is 15.5 Å². The SMILES string of the molecule is CN(CC(=O)NCCCC(=O)O)CC1CCNCC1. The Bertz CT molecular complexity index is 291. The van der Waals surface area contributed by atoms with Crippen molar-refractivity contribution in [1.29, 1.82) is 0 Å². The van der Waals surface area contributed by atoms with Gasteiger partial charge in [0.05, 0.1) is 6.54 Å². The minimum Gasteiger partial charge on any atom is -0.481 e. The molecule has 110 valence electrons. The number of nitrogens with zero attached hydrogens (tertiary/aromatic N) is 1. The lowest BCUT2D eigenvalue weighted by atomic mass is 9.98. The fraction of sp³-hybridized carbons (Fsp3) is 0.846. The fourth-order valence-corrected chi connectivity index (χ4v) is 2.34. The van der Waals surface area contributed by atoms with Crippen LogP contribution in [0.3, 0.4) is 0 Å². The summed E-state index contributed by atoms with van der Waals surface area (Å²) in [6.45, 7) is 3.91. The number of hydrogen-bond acceptors (Lipinski definition) is 4. The molecule has 1 aliphatic heterocycles. The first-order valence-electron chi connectivity index (χ1n) is 6.95. The first-order chi connectivity index (χ1) is 9.08. The molecule has 0 radical (unpaired) electrons. The van der Waals surface area contributed by atoms with E-state index in [1.807, 2.05) is 11.9 Å². The van der Waals surface area contributed by atoms with E-state index in [0.29, 0.717) is 25.4 Å². The molecule has 0 saturated carbocycles. The second-order valence-electron chi connectivity index (χ2n) is 5.24. The zero-order valence-corrected chi connectivity index (χ0v) is 11.7. The van der Waals surface area contributed by atoms with Crippen LogP contribution in [-0.2, 0) is 9.59 Å². The predicted molar refractivity (Wildman–Crippen MR) is 73.0 cm³/mol. The zero-order chi connectivity index (χ0) is 14.1. The molecule has 3 N–H and O–H groups in total. The highest BCUT2D eigenvalue weighted by molar-refractivity contribution is 5.78. The third-order valence-electron chi connectivity index (χ3n) is 3.33. The van der Waals surface area contributed by atoms with Crippen LogP contribution in [0.4, 0.5) is 0 Å². The van der Waals surface area contributed by atoms with Crippen molar-refractivity contribution in [3.8, 4) is 0 Å². The molecule has 1 saturated heterocycles. The number of hydrogen-bond donors (Lipinski definition) is 3. The van der Waals surface area contributed by atoms with Crippen LogP contribution in [-0.4, -0.2) is 61.7 Å². The molecule has 0 aromatic heterocycles. The summed E-state index contributed by atoms with van der Waals surface area (Å²) in [5.74, 6) is -0.176. The summed E-state index contributed by atoms with van der Waals surface area (Å²) in [5, 5.41) is 14.6. The maximum Gasteiger partial charge on any atom is 0.303 e. The van der Waals surface area contributed by atoms with Gasteiger partial charge in [-0.3, -0.25) is 14.5 Å². The standard InChI is InChI=1S/C13H25N3O3/c1-16(9-11-4-7-14-8-5-11)10-12(17)15-6-2-3-13(18)19/h11,14H,2-10H2,1H3,(H,15,17)(H,18,19). The molecule has 0 unspecified atom stereocenters. The quantitative estimate of drug-likeness (QED) is 0.537. The summed E-state index contributed by atoms with van der Waals surface area (Å²) in [7, 11) is 1.96. The molecule has 0 bridgehead atoms. The van der Waals surface area contributed by atoms with Gasteiger partial charge < -0.3 is 15.7 Å². The van der Waals surface area contributed by atoms with Gasteiger partial charge in [0.2, 0.25) is 5.91 Å². The Labute approximate surface area is 114 Å². The van der Waals surface area contributed by atoms with Gasteiger partial charge in [0.25, 0.3) is 0 Å². The molecule has 6 nitrogen and oxygen atoms in total. The van der Waals surface area contributed by atoms with Gasteiger partial charge in [0.15, 0.2) is 0 Å². The molecule has 0 aromatic rings. The summed E-state index contributed by atoms with van der Waals surface area (Å²) in [5.41, 5.74) is 0. The summed E-state index contributed by atoms with van der Waals surface area (Å²) in [6.07, 6.45) is 2.93. The maximum absolute atomic E-state index is 11.6. The summed E-state index contributed by atoms with van der Waals surface area (Å²) in [4.78, 5) is 24.0. The number of carboxylic acid groups (broad SMARTS) is 1. The predicted octanol–water partition coefficient (Wildman–Crippen LogP) is -0.101. The molecule has 0 aromatic carbocycles. The highest BCUT2D eigenvalue weighted by Gasteiger charge is 2.16. The van der Waals surface area contributed by atoms with Crippen LogP contribution < -0.4 is 10.6 Å². The molecule has 0 spiro atoms. The molecule has 1 aliphatic rings. The number of amides is 1. The van der Waals surface area contributed by atoms with Crippen molar-refractivity contribution in [2.45, 2.75) is 25.7 Å². The van der Waals surface area contributed by atoms with E-state index in [0.717, 1.165) is 19.6 Å². The number of rotatable bonds is 8. The lowest BCUT2D eigenvalue weighted by molar-refractivity contribution is -0.137. The van der Waals surface area contributed by atoms with E-state index in [-0.39, 0.29) is 12.3 Å². The van der Waals surface area contributed by atoms with E-state index >= 15 is 0 Å². The summed E-state index contributed by atoms with van der Waals surface area (Å²) in [6, 6.07) is 0. The number of nitrogens with one attached hydrogen (secondary N) is 2. The molecule has 19 heavy (non-hydrogen) atoms. The van der Waals surface area contributed by atoms with E-state index in [2.05, 4.69) is 10.6 Å². The Morgan fingerprint density at radius 2 is 2.05 bits per heavy atom. The maximum atomic E-state index is 11.6. The minimum atomic E-state index is -0.822. The third kappa shape index (κ3) is 7.79. The van der Waals surface area contributed by atoms with E-state index in [4.69, 9.17) is 5.11 Å². The Morgan fingerprint density at radius 1 is 1.37 bits per heavy atom. The van der Waals surface area contributed by atoms with Crippen LogP contribution in [0.1, 0.15) is 25.7 Å². The summed E-state index contributed by atoms with van der Waals surface area (Å²) >= 11 is 0. The van der Waals surface area contributed by atoms with Crippen LogP contribution in [0.15, 0.2) is 0 Å². The van der Waals surface area contributed by atoms with Gasteiger partial charge in [-0.25, -0.2) is 0 Å². The zero-order valence-electron chi connectivity index (χ0n) is 11.7. The number of piperidine rings is 1.